The molecular formula is C16H25N3O4S2. The van der Waals surface area contributed by atoms with Crippen LogP contribution in [0.1, 0.15) is 49.5 Å². The molecule has 0 saturated carbocycles. The van der Waals surface area contributed by atoms with Crippen LogP contribution in [0.25, 0.3) is 0 Å². The standard InChI is InChI=1S/C16H25N3O4S2/c1-5-10-8-13(24(21)11(6-2)7-3)14(25(4,22)23)9-12(10)15(20)19-16(17)18/h8-9,11H,5-7H2,1-4H3,(H4,17,18,19,20). The Kier molecular flexibility index (Phi) is 7.30. The summed E-state index contributed by atoms with van der Waals surface area (Å²) < 4.78 is 37.3. The largest absolute Gasteiger partial charge is 0.370 e. The van der Waals surface area contributed by atoms with E-state index in [1.807, 2.05) is 20.8 Å². The van der Waals surface area contributed by atoms with Crippen molar-refractivity contribution in [3.8, 4) is 0 Å². The maximum Gasteiger partial charge on any atom is 0.280 e. The molecule has 7 nitrogen and oxygen atoms in total. The fraction of sp³-hybridized carbons (Fsp3) is 0.500. The molecule has 25 heavy (non-hydrogen) atoms. The van der Waals surface area contributed by atoms with Crippen LogP contribution in [0.5, 0.6) is 0 Å². The molecule has 1 atom stereocenters. The molecular weight excluding hydrogens is 362 g/mol. The zero-order valence-corrected chi connectivity index (χ0v) is 16.5. The minimum absolute atomic E-state index is 0.0987. The van der Waals surface area contributed by atoms with E-state index in [4.69, 9.17) is 11.5 Å². The molecule has 0 saturated heterocycles. The molecule has 0 aromatic heterocycles. The van der Waals surface area contributed by atoms with Gasteiger partial charge < -0.3 is 11.5 Å². The SMILES string of the molecule is CCc1cc(S(=O)C(CC)CC)c(S(C)(=O)=O)cc1C(=O)N=C(N)N. The molecule has 0 fully saturated rings. The number of hydrogen-bond donors (Lipinski definition) is 2. The molecule has 1 rings (SSSR count). The van der Waals surface area contributed by atoms with E-state index < -0.39 is 32.5 Å². The van der Waals surface area contributed by atoms with Crippen LogP contribution in [0.3, 0.4) is 0 Å². The number of carbonyl (C=O) groups is 1. The molecule has 140 valence electrons. The summed E-state index contributed by atoms with van der Waals surface area (Å²) in [5.41, 5.74) is 11.1. The molecule has 0 radical (unpaired) electrons. The van der Waals surface area contributed by atoms with Crippen LogP contribution in [0, 0.1) is 0 Å². The molecule has 4 N–H and O–H groups in total. The molecule has 0 heterocycles. The van der Waals surface area contributed by atoms with E-state index in [0.29, 0.717) is 24.8 Å². The first-order chi connectivity index (χ1) is 11.6. The number of aryl methyl sites for hydroxylation is 1. The predicted molar refractivity (Wildman–Crippen MR) is 99.8 cm³/mol. The zero-order chi connectivity index (χ0) is 19.4. The number of benzene rings is 1. The second-order valence-corrected chi connectivity index (χ2v) is 9.35. The van der Waals surface area contributed by atoms with Crippen LogP contribution in [0.2, 0.25) is 0 Å². The average Bonchev–Trinajstić information content (AvgIpc) is 2.52. The highest BCUT2D eigenvalue weighted by Gasteiger charge is 2.26. The number of hydrogen-bond acceptors (Lipinski definition) is 4. The van der Waals surface area contributed by atoms with Crippen LogP contribution in [-0.4, -0.2) is 36.0 Å². The number of nitrogens with two attached hydrogens (primary N) is 2. The number of nitrogens with zero attached hydrogens (tertiary/aromatic N) is 1. The van der Waals surface area contributed by atoms with E-state index in [-0.39, 0.29) is 20.6 Å². The fourth-order valence-electron chi connectivity index (χ4n) is 2.49. The minimum atomic E-state index is -3.69. The average molecular weight is 388 g/mol. The lowest BCUT2D eigenvalue weighted by Crippen LogP contribution is -2.24. The molecule has 0 aliphatic rings. The number of rotatable bonds is 7. The molecule has 1 unspecified atom stereocenters. The lowest BCUT2D eigenvalue weighted by atomic mass is 10.0. The van der Waals surface area contributed by atoms with E-state index in [0.717, 1.165) is 6.26 Å². The quantitative estimate of drug-likeness (QED) is 0.536. The van der Waals surface area contributed by atoms with Gasteiger partial charge in [-0.1, -0.05) is 20.8 Å². The zero-order valence-electron chi connectivity index (χ0n) is 14.9. The van der Waals surface area contributed by atoms with Gasteiger partial charge in [-0.25, -0.2) is 8.42 Å². The van der Waals surface area contributed by atoms with Gasteiger partial charge >= 0.3 is 0 Å². The van der Waals surface area contributed by atoms with Crippen LogP contribution in [0.4, 0.5) is 0 Å². The molecule has 9 heteroatoms. The van der Waals surface area contributed by atoms with Crippen molar-refractivity contribution in [2.24, 2.45) is 16.5 Å². The summed E-state index contributed by atoms with van der Waals surface area (Å²) in [7, 11) is -5.19. The first kappa shape index (κ1) is 21.3. The number of amides is 1. The maximum absolute atomic E-state index is 12.9. The normalized spacial score (nSPS) is 12.8. The monoisotopic (exact) mass is 387 g/mol. The minimum Gasteiger partial charge on any atom is -0.370 e. The fourth-order valence-corrected chi connectivity index (χ4v) is 5.43. The van der Waals surface area contributed by atoms with Gasteiger partial charge in [0.2, 0.25) is 0 Å². The van der Waals surface area contributed by atoms with E-state index in [2.05, 4.69) is 4.99 Å². The van der Waals surface area contributed by atoms with Crippen LogP contribution in [0.15, 0.2) is 26.9 Å². The van der Waals surface area contributed by atoms with E-state index >= 15 is 0 Å². The first-order valence-corrected chi connectivity index (χ1v) is 11.1. The van der Waals surface area contributed by atoms with Crippen LogP contribution < -0.4 is 11.5 Å². The van der Waals surface area contributed by atoms with Gasteiger partial charge in [0.25, 0.3) is 5.91 Å². The van der Waals surface area contributed by atoms with E-state index in [9.17, 15) is 17.4 Å². The highest BCUT2D eigenvalue weighted by molar-refractivity contribution is 7.92. The van der Waals surface area contributed by atoms with Gasteiger partial charge in [0.1, 0.15) is 0 Å². The van der Waals surface area contributed by atoms with Crippen molar-refractivity contribution in [2.75, 3.05) is 6.26 Å². The molecule has 0 spiro atoms. The summed E-state index contributed by atoms with van der Waals surface area (Å²) in [6, 6.07) is 2.76. The summed E-state index contributed by atoms with van der Waals surface area (Å²) in [4.78, 5) is 15.8. The molecule has 1 aromatic carbocycles. The van der Waals surface area contributed by atoms with Crippen molar-refractivity contribution in [2.45, 2.75) is 55.1 Å². The summed E-state index contributed by atoms with van der Waals surface area (Å²) in [5.74, 6) is -1.13. The van der Waals surface area contributed by atoms with Gasteiger partial charge in [-0.3, -0.25) is 9.00 Å². The maximum atomic E-state index is 12.9. The van der Waals surface area contributed by atoms with Crippen LogP contribution >= 0.6 is 0 Å². The Balaban J connectivity index is 3.73. The van der Waals surface area contributed by atoms with Gasteiger partial charge in [-0.2, -0.15) is 4.99 Å². The molecule has 0 aliphatic heterocycles. The highest BCUT2D eigenvalue weighted by atomic mass is 32.2. The Morgan fingerprint density at radius 3 is 2.16 bits per heavy atom. The van der Waals surface area contributed by atoms with Gasteiger partial charge in [0, 0.05) is 17.1 Å². The summed E-state index contributed by atoms with van der Waals surface area (Å²) in [5, 5.41) is -0.163. The van der Waals surface area contributed by atoms with Crippen LogP contribution in [-0.2, 0) is 27.1 Å². The van der Waals surface area contributed by atoms with Gasteiger partial charge in [0.05, 0.1) is 20.6 Å². The van der Waals surface area contributed by atoms with Gasteiger partial charge in [-0.15, -0.1) is 0 Å². The Bertz CT molecular complexity index is 809. The Morgan fingerprint density at radius 1 is 1.20 bits per heavy atom. The van der Waals surface area contributed by atoms with Crippen molar-refractivity contribution in [3.05, 3.63) is 23.3 Å². The predicted octanol–water partition coefficient (Wildman–Crippen LogP) is 1.36. The van der Waals surface area contributed by atoms with Gasteiger partial charge in [-0.05, 0) is 37.0 Å². The third-order valence-electron chi connectivity index (χ3n) is 3.84. The van der Waals surface area contributed by atoms with Crippen molar-refractivity contribution in [1.82, 2.24) is 0 Å². The van der Waals surface area contributed by atoms with Crippen molar-refractivity contribution in [1.29, 1.82) is 0 Å². The molecule has 1 amide bonds. The Labute approximate surface area is 151 Å². The van der Waals surface area contributed by atoms with Crippen molar-refractivity contribution in [3.63, 3.8) is 0 Å². The summed E-state index contributed by atoms with van der Waals surface area (Å²) >= 11 is 0. The van der Waals surface area contributed by atoms with E-state index in [1.165, 1.54) is 12.1 Å². The van der Waals surface area contributed by atoms with Gasteiger partial charge in [0.15, 0.2) is 15.8 Å². The van der Waals surface area contributed by atoms with Crippen molar-refractivity contribution >= 4 is 32.5 Å². The van der Waals surface area contributed by atoms with Crippen molar-refractivity contribution < 1.29 is 17.4 Å². The first-order valence-electron chi connectivity index (χ1n) is 7.98. The molecule has 0 aliphatic carbocycles. The molecule has 1 aromatic rings. The second-order valence-electron chi connectivity index (χ2n) is 5.66. The number of aliphatic imine (C=N–C) groups is 1. The topological polar surface area (TPSA) is 133 Å². The van der Waals surface area contributed by atoms with E-state index in [1.54, 1.807) is 0 Å². The molecule has 0 bridgehead atoms. The number of carbonyl (C=O) groups excluding carboxylic acids is 1. The third-order valence-corrected chi connectivity index (χ3v) is 7.15. The Hall–Kier alpha value is -1.74. The lowest BCUT2D eigenvalue weighted by molar-refractivity contribution is 0.100. The second kappa shape index (κ2) is 8.57. The third kappa shape index (κ3) is 5.12. The summed E-state index contributed by atoms with van der Waals surface area (Å²) in [6.07, 6.45) is 2.78. The highest BCUT2D eigenvalue weighted by Crippen LogP contribution is 2.28. The smallest absolute Gasteiger partial charge is 0.280 e. The number of guanidine groups is 1. The summed E-state index contributed by atoms with van der Waals surface area (Å²) in [6.45, 7) is 5.62. The Morgan fingerprint density at radius 2 is 1.76 bits per heavy atom. The lowest BCUT2D eigenvalue weighted by Gasteiger charge is -2.17. The number of sulfone groups is 1.